The molecule has 0 saturated heterocycles. The van der Waals surface area contributed by atoms with Gasteiger partial charge < -0.3 is 14.6 Å². The highest BCUT2D eigenvalue weighted by atomic mass is 79.9. The highest BCUT2D eigenvalue weighted by molar-refractivity contribution is 9.10. The quantitative estimate of drug-likeness (QED) is 0.712. The molecule has 0 heterocycles. The molecule has 6 heteroatoms. The number of methoxy groups -OCH3 is 1. The third kappa shape index (κ3) is 5.01. The van der Waals surface area contributed by atoms with Gasteiger partial charge in [-0.3, -0.25) is 0 Å². The Morgan fingerprint density at radius 1 is 1.26 bits per heavy atom. The van der Waals surface area contributed by atoms with Gasteiger partial charge >= 0.3 is 5.97 Å². The lowest BCUT2D eigenvalue weighted by atomic mass is 10.1. The molecule has 1 N–H and O–H groups in total. The van der Waals surface area contributed by atoms with Crippen LogP contribution in [0, 0.1) is 0 Å². The fourth-order valence-electron chi connectivity index (χ4n) is 1.93. The minimum absolute atomic E-state index is 0.276. The zero-order chi connectivity index (χ0) is 16.8. The number of carboxylic acids is 1. The molecule has 0 fully saturated rings. The highest BCUT2D eigenvalue weighted by Crippen LogP contribution is 2.30. The van der Waals surface area contributed by atoms with Crippen molar-refractivity contribution in [2.45, 2.75) is 6.61 Å². The molecule has 23 heavy (non-hydrogen) atoms. The van der Waals surface area contributed by atoms with E-state index in [1.807, 2.05) is 6.07 Å². The molecule has 0 spiro atoms. The first-order valence-electron chi connectivity index (χ1n) is 6.65. The maximum Gasteiger partial charge on any atom is 0.328 e. The minimum Gasteiger partial charge on any atom is -0.496 e. The molecule has 0 aliphatic heterocycles. The smallest absolute Gasteiger partial charge is 0.328 e. The summed E-state index contributed by atoms with van der Waals surface area (Å²) in [6, 6.07) is 10.6. The van der Waals surface area contributed by atoms with E-state index >= 15 is 0 Å². The van der Waals surface area contributed by atoms with Crippen molar-refractivity contribution < 1.29 is 19.4 Å². The van der Waals surface area contributed by atoms with Crippen LogP contribution in [-0.4, -0.2) is 18.2 Å². The highest BCUT2D eigenvalue weighted by Gasteiger charge is 2.07. The lowest BCUT2D eigenvalue weighted by molar-refractivity contribution is -0.131. The zero-order valence-corrected chi connectivity index (χ0v) is 14.6. The van der Waals surface area contributed by atoms with Gasteiger partial charge in [-0.05, 0) is 57.9 Å². The van der Waals surface area contributed by atoms with Crippen LogP contribution < -0.4 is 9.47 Å². The van der Waals surface area contributed by atoms with Crippen molar-refractivity contribution in [2.24, 2.45) is 0 Å². The fourth-order valence-corrected chi connectivity index (χ4v) is 2.73. The number of carbonyl (C=O) groups is 1. The fraction of sp³-hybridized carbons (Fsp3) is 0.118. The van der Waals surface area contributed by atoms with Crippen molar-refractivity contribution >= 4 is 39.6 Å². The Bertz CT molecular complexity index is 743. The number of rotatable bonds is 6. The molecule has 0 aliphatic carbocycles. The van der Waals surface area contributed by atoms with Gasteiger partial charge in [0.2, 0.25) is 0 Å². The molecule has 2 rings (SSSR count). The van der Waals surface area contributed by atoms with Crippen LogP contribution in [0.2, 0.25) is 5.02 Å². The summed E-state index contributed by atoms with van der Waals surface area (Å²) in [4.78, 5) is 10.6. The summed E-state index contributed by atoms with van der Waals surface area (Å²) in [5, 5.41) is 9.31. The van der Waals surface area contributed by atoms with Gasteiger partial charge in [0.05, 0.1) is 11.6 Å². The summed E-state index contributed by atoms with van der Waals surface area (Å²) in [5.41, 5.74) is 1.56. The van der Waals surface area contributed by atoms with E-state index in [9.17, 15) is 4.79 Å². The van der Waals surface area contributed by atoms with Crippen LogP contribution in [-0.2, 0) is 11.4 Å². The Balaban J connectivity index is 2.20. The lowest BCUT2D eigenvalue weighted by Gasteiger charge is -2.12. The molecular formula is C17H14BrClO4. The second kappa shape index (κ2) is 8.04. The average molecular weight is 398 g/mol. The second-order valence-corrected chi connectivity index (χ2v) is 5.90. The van der Waals surface area contributed by atoms with Gasteiger partial charge in [-0.25, -0.2) is 4.79 Å². The molecule has 120 valence electrons. The summed E-state index contributed by atoms with van der Waals surface area (Å²) < 4.78 is 11.8. The minimum atomic E-state index is -0.997. The summed E-state index contributed by atoms with van der Waals surface area (Å²) in [7, 11) is 1.57. The summed E-state index contributed by atoms with van der Waals surface area (Å²) >= 11 is 9.30. The van der Waals surface area contributed by atoms with Crippen LogP contribution in [0.5, 0.6) is 11.5 Å². The Kier molecular flexibility index (Phi) is 6.07. The average Bonchev–Trinajstić information content (AvgIpc) is 2.52. The largest absolute Gasteiger partial charge is 0.496 e. The van der Waals surface area contributed by atoms with Crippen molar-refractivity contribution in [3.05, 3.63) is 63.1 Å². The van der Waals surface area contributed by atoms with Gasteiger partial charge in [0.15, 0.2) is 0 Å². The second-order valence-electron chi connectivity index (χ2n) is 4.61. The molecule has 4 nitrogen and oxygen atoms in total. The predicted molar refractivity (Wildman–Crippen MR) is 93.1 cm³/mol. The van der Waals surface area contributed by atoms with E-state index in [1.165, 1.54) is 6.08 Å². The normalized spacial score (nSPS) is 10.7. The zero-order valence-electron chi connectivity index (χ0n) is 12.3. The molecule has 0 radical (unpaired) electrons. The molecule has 0 atom stereocenters. The molecule has 0 unspecified atom stereocenters. The maximum atomic E-state index is 10.6. The number of carboxylic acid groups (broad SMARTS) is 1. The monoisotopic (exact) mass is 396 g/mol. The topological polar surface area (TPSA) is 55.8 Å². The molecule has 0 amide bonds. The van der Waals surface area contributed by atoms with Crippen LogP contribution in [0.4, 0.5) is 0 Å². The van der Waals surface area contributed by atoms with E-state index in [4.69, 9.17) is 26.2 Å². The molecular weight excluding hydrogens is 384 g/mol. The maximum absolute atomic E-state index is 10.6. The van der Waals surface area contributed by atoms with Crippen molar-refractivity contribution in [3.63, 3.8) is 0 Å². The Labute approximate surface area is 147 Å². The van der Waals surface area contributed by atoms with E-state index in [0.717, 1.165) is 21.7 Å². The van der Waals surface area contributed by atoms with Crippen LogP contribution in [0.1, 0.15) is 11.1 Å². The van der Waals surface area contributed by atoms with Crippen molar-refractivity contribution in [2.75, 3.05) is 7.11 Å². The van der Waals surface area contributed by atoms with E-state index in [1.54, 1.807) is 37.4 Å². The first-order valence-corrected chi connectivity index (χ1v) is 7.82. The van der Waals surface area contributed by atoms with E-state index < -0.39 is 5.97 Å². The number of ether oxygens (including phenoxy) is 2. The van der Waals surface area contributed by atoms with Crippen molar-refractivity contribution in [3.8, 4) is 11.5 Å². The summed E-state index contributed by atoms with van der Waals surface area (Å²) in [5.74, 6) is 0.328. The lowest BCUT2D eigenvalue weighted by Crippen LogP contribution is -2.00. The van der Waals surface area contributed by atoms with Crippen LogP contribution >= 0.6 is 27.5 Å². The van der Waals surface area contributed by atoms with Crippen LogP contribution in [0.25, 0.3) is 6.08 Å². The van der Waals surface area contributed by atoms with E-state index in [-0.39, 0.29) is 6.61 Å². The Morgan fingerprint density at radius 2 is 2.00 bits per heavy atom. The van der Waals surface area contributed by atoms with Gasteiger partial charge in [0.25, 0.3) is 0 Å². The van der Waals surface area contributed by atoms with Crippen molar-refractivity contribution in [1.82, 2.24) is 0 Å². The first-order chi connectivity index (χ1) is 11.0. The van der Waals surface area contributed by atoms with E-state index in [0.29, 0.717) is 16.5 Å². The molecule has 0 bridgehead atoms. The third-order valence-corrected chi connectivity index (χ3v) is 3.85. The number of hydrogen-bond donors (Lipinski definition) is 1. The molecule has 2 aromatic rings. The molecule has 0 aromatic heterocycles. The SMILES string of the molecule is COc1ccc(/C=C\C(=O)O)cc1COc1ccc(Cl)cc1Br. The number of aliphatic carboxylic acids is 1. The number of benzene rings is 2. The van der Waals surface area contributed by atoms with Crippen LogP contribution in [0.3, 0.4) is 0 Å². The van der Waals surface area contributed by atoms with Gasteiger partial charge in [0, 0.05) is 16.7 Å². The van der Waals surface area contributed by atoms with Gasteiger partial charge in [-0.2, -0.15) is 0 Å². The standard InChI is InChI=1S/C17H14BrClO4/c1-22-15-5-2-11(3-7-17(20)21)8-12(15)10-23-16-6-4-13(19)9-14(16)18/h2-9H,10H2,1H3,(H,20,21)/b7-3-. The molecule has 2 aromatic carbocycles. The first kappa shape index (κ1) is 17.4. The van der Waals surface area contributed by atoms with Crippen molar-refractivity contribution in [1.29, 1.82) is 0 Å². The Morgan fingerprint density at radius 3 is 2.65 bits per heavy atom. The van der Waals surface area contributed by atoms with Gasteiger partial charge in [0.1, 0.15) is 18.1 Å². The number of halogens is 2. The van der Waals surface area contributed by atoms with Gasteiger partial charge in [-0.15, -0.1) is 0 Å². The molecule has 0 saturated carbocycles. The van der Waals surface area contributed by atoms with Crippen LogP contribution in [0.15, 0.2) is 46.9 Å². The number of hydrogen-bond acceptors (Lipinski definition) is 3. The van der Waals surface area contributed by atoms with Gasteiger partial charge in [-0.1, -0.05) is 17.7 Å². The predicted octanol–water partition coefficient (Wildman–Crippen LogP) is 4.79. The molecule has 0 aliphatic rings. The third-order valence-electron chi connectivity index (χ3n) is 3.00. The van der Waals surface area contributed by atoms with E-state index in [2.05, 4.69) is 15.9 Å². The summed E-state index contributed by atoms with van der Waals surface area (Å²) in [6.07, 6.45) is 2.60. The summed E-state index contributed by atoms with van der Waals surface area (Å²) in [6.45, 7) is 0.276. The Hall–Kier alpha value is -1.98.